The van der Waals surface area contributed by atoms with E-state index < -0.39 is 0 Å². The number of amides is 2. The zero-order valence-corrected chi connectivity index (χ0v) is 12.8. The second kappa shape index (κ2) is 6.71. The molecule has 7 heteroatoms. The number of imidazole rings is 1. The molecule has 0 spiro atoms. The summed E-state index contributed by atoms with van der Waals surface area (Å²) in [6, 6.07) is -0.316. The normalized spacial score (nSPS) is 17.4. The molecule has 1 atom stereocenters. The zero-order chi connectivity index (χ0) is 15.4. The molecule has 0 bridgehead atoms. The Morgan fingerprint density at radius 1 is 1.52 bits per heavy atom. The summed E-state index contributed by atoms with van der Waals surface area (Å²) in [5.41, 5.74) is 1.95. The Bertz CT molecular complexity index is 511. The number of rotatable bonds is 5. The third kappa shape index (κ3) is 4.04. The van der Waals surface area contributed by atoms with Gasteiger partial charge in [0.15, 0.2) is 0 Å². The lowest BCUT2D eigenvalue weighted by molar-refractivity contribution is -0.136. The maximum Gasteiger partial charge on any atom is 0.240 e. The first kappa shape index (κ1) is 15.5. The van der Waals surface area contributed by atoms with Crippen LogP contribution in [0.5, 0.6) is 0 Å². The van der Waals surface area contributed by atoms with Crippen molar-refractivity contribution in [3.05, 3.63) is 17.7 Å². The van der Waals surface area contributed by atoms with Gasteiger partial charge in [0, 0.05) is 26.6 Å². The number of hydrogen-bond donors (Lipinski definition) is 3. The highest BCUT2D eigenvalue weighted by molar-refractivity contribution is 5.87. The van der Waals surface area contributed by atoms with Gasteiger partial charge in [0.05, 0.1) is 30.3 Å². The van der Waals surface area contributed by atoms with E-state index in [0.29, 0.717) is 25.4 Å². The average Bonchev–Trinajstić information content (AvgIpc) is 2.91. The van der Waals surface area contributed by atoms with Crippen LogP contribution in [0.1, 0.15) is 25.2 Å². The lowest BCUT2D eigenvalue weighted by Gasteiger charge is -2.26. The number of likely N-dealkylation sites (N-methyl/N-ethyl adjacent to an activating group) is 1. The van der Waals surface area contributed by atoms with Gasteiger partial charge in [-0.1, -0.05) is 13.8 Å². The third-order valence-electron chi connectivity index (χ3n) is 3.49. The first-order chi connectivity index (χ1) is 9.97. The summed E-state index contributed by atoms with van der Waals surface area (Å²) in [6.45, 7) is 5.36. The Balaban J connectivity index is 1.84. The Morgan fingerprint density at radius 2 is 2.29 bits per heavy atom. The minimum Gasteiger partial charge on any atom is -0.354 e. The average molecular weight is 293 g/mol. The molecular weight excluding hydrogens is 270 g/mol. The summed E-state index contributed by atoms with van der Waals surface area (Å²) in [7, 11) is 1.65. The van der Waals surface area contributed by atoms with Crippen molar-refractivity contribution >= 4 is 11.8 Å². The molecule has 7 nitrogen and oxygen atoms in total. The van der Waals surface area contributed by atoms with Crippen LogP contribution in [0.25, 0.3) is 0 Å². The summed E-state index contributed by atoms with van der Waals surface area (Å²) in [5, 5.41) is 5.98. The highest BCUT2D eigenvalue weighted by Crippen LogP contribution is 2.13. The summed E-state index contributed by atoms with van der Waals surface area (Å²) in [5.74, 6) is 0.187. The summed E-state index contributed by atoms with van der Waals surface area (Å²) >= 11 is 0. The smallest absolute Gasteiger partial charge is 0.240 e. The molecule has 116 valence electrons. The predicted octanol–water partition coefficient (Wildman–Crippen LogP) is -0.345. The van der Waals surface area contributed by atoms with Gasteiger partial charge in [0.25, 0.3) is 0 Å². The van der Waals surface area contributed by atoms with Crippen LogP contribution in [0.3, 0.4) is 0 Å². The van der Waals surface area contributed by atoms with E-state index in [-0.39, 0.29) is 24.4 Å². The lowest BCUT2D eigenvalue weighted by atomic mass is 10.0. The first-order valence-electron chi connectivity index (χ1n) is 7.23. The van der Waals surface area contributed by atoms with E-state index in [9.17, 15) is 9.59 Å². The Labute approximate surface area is 124 Å². The Hall–Kier alpha value is -1.89. The maximum atomic E-state index is 12.3. The standard InChI is InChI=1S/C14H23N5O2/c1-9(2)5-16-13(20)7-19(3)14(21)11-4-10-12(6-15-11)18-8-17-10/h8-9,11,15H,4-7H2,1-3H3,(H,16,20)(H,17,18). The van der Waals surface area contributed by atoms with E-state index in [1.165, 1.54) is 4.90 Å². The van der Waals surface area contributed by atoms with Gasteiger partial charge in [0.2, 0.25) is 11.8 Å². The van der Waals surface area contributed by atoms with Crippen molar-refractivity contribution in [2.45, 2.75) is 32.9 Å². The summed E-state index contributed by atoms with van der Waals surface area (Å²) in [6.07, 6.45) is 2.19. The topological polar surface area (TPSA) is 90.1 Å². The van der Waals surface area contributed by atoms with Gasteiger partial charge >= 0.3 is 0 Å². The van der Waals surface area contributed by atoms with Crippen molar-refractivity contribution < 1.29 is 9.59 Å². The van der Waals surface area contributed by atoms with Gasteiger partial charge in [0.1, 0.15) is 0 Å². The molecule has 1 aliphatic rings. The minimum atomic E-state index is -0.316. The van der Waals surface area contributed by atoms with E-state index in [4.69, 9.17) is 0 Å². The largest absolute Gasteiger partial charge is 0.354 e. The molecule has 0 fully saturated rings. The van der Waals surface area contributed by atoms with Crippen LogP contribution in [-0.4, -0.2) is 52.9 Å². The number of aromatic amines is 1. The van der Waals surface area contributed by atoms with E-state index in [1.807, 2.05) is 13.8 Å². The van der Waals surface area contributed by atoms with Crippen LogP contribution < -0.4 is 10.6 Å². The molecule has 1 aliphatic heterocycles. The molecule has 2 amide bonds. The molecule has 1 aromatic rings. The van der Waals surface area contributed by atoms with E-state index in [0.717, 1.165) is 11.4 Å². The van der Waals surface area contributed by atoms with Crippen LogP contribution in [0.4, 0.5) is 0 Å². The molecule has 2 heterocycles. The van der Waals surface area contributed by atoms with Crippen molar-refractivity contribution in [3.63, 3.8) is 0 Å². The van der Waals surface area contributed by atoms with Gasteiger partial charge < -0.3 is 15.2 Å². The summed E-state index contributed by atoms with van der Waals surface area (Å²) in [4.78, 5) is 32.8. The monoisotopic (exact) mass is 293 g/mol. The van der Waals surface area contributed by atoms with Crippen molar-refractivity contribution in [2.24, 2.45) is 5.92 Å². The molecular formula is C14H23N5O2. The van der Waals surface area contributed by atoms with Crippen molar-refractivity contribution in [2.75, 3.05) is 20.1 Å². The second-order valence-corrected chi connectivity index (χ2v) is 5.86. The SMILES string of the molecule is CC(C)CNC(=O)CN(C)C(=O)C1Cc2nc[nH]c2CN1. The number of fused-ring (bicyclic) bond motifs is 1. The van der Waals surface area contributed by atoms with Crippen molar-refractivity contribution in [1.82, 2.24) is 25.5 Å². The summed E-state index contributed by atoms with van der Waals surface area (Å²) < 4.78 is 0. The quantitative estimate of drug-likeness (QED) is 0.692. The van der Waals surface area contributed by atoms with Gasteiger partial charge in [-0.15, -0.1) is 0 Å². The van der Waals surface area contributed by atoms with E-state index >= 15 is 0 Å². The minimum absolute atomic E-state index is 0.0802. The van der Waals surface area contributed by atoms with Gasteiger partial charge in [-0.25, -0.2) is 4.98 Å². The molecule has 1 unspecified atom stereocenters. The molecule has 21 heavy (non-hydrogen) atoms. The number of nitrogens with zero attached hydrogens (tertiary/aromatic N) is 2. The molecule has 0 radical (unpaired) electrons. The van der Waals surface area contributed by atoms with Crippen LogP contribution in [0.15, 0.2) is 6.33 Å². The van der Waals surface area contributed by atoms with Gasteiger partial charge in [-0.3, -0.25) is 14.9 Å². The highest BCUT2D eigenvalue weighted by atomic mass is 16.2. The number of hydrogen-bond acceptors (Lipinski definition) is 4. The van der Waals surface area contributed by atoms with E-state index in [2.05, 4.69) is 20.6 Å². The Morgan fingerprint density at radius 3 is 3.00 bits per heavy atom. The number of aromatic nitrogens is 2. The molecule has 0 saturated carbocycles. The molecule has 2 rings (SSSR count). The first-order valence-corrected chi connectivity index (χ1v) is 7.23. The fourth-order valence-corrected chi connectivity index (χ4v) is 2.28. The number of nitrogens with one attached hydrogen (secondary N) is 3. The van der Waals surface area contributed by atoms with Crippen LogP contribution in [-0.2, 0) is 22.6 Å². The Kier molecular flexibility index (Phi) is 4.95. The fourth-order valence-electron chi connectivity index (χ4n) is 2.28. The van der Waals surface area contributed by atoms with Gasteiger partial charge in [-0.2, -0.15) is 0 Å². The second-order valence-electron chi connectivity index (χ2n) is 5.86. The zero-order valence-electron chi connectivity index (χ0n) is 12.8. The van der Waals surface area contributed by atoms with Crippen LogP contribution in [0.2, 0.25) is 0 Å². The van der Waals surface area contributed by atoms with Crippen molar-refractivity contribution in [1.29, 1.82) is 0 Å². The predicted molar refractivity (Wildman–Crippen MR) is 78.4 cm³/mol. The lowest BCUT2D eigenvalue weighted by Crippen LogP contribution is -2.50. The number of carbonyl (C=O) groups excluding carboxylic acids is 2. The fraction of sp³-hybridized carbons (Fsp3) is 0.643. The van der Waals surface area contributed by atoms with Gasteiger partial charge in [-0.05, 0) is 5.92 Å². The van der Waals surface area contributed by atoms with E-state index in [1.54, 1.807) is 13.4 Å². The maximum absolute atomic E-state index is 12.3. The highest BCUT2D eigenvalue weighted by Gasteiger charge is 2.28. The number of carbonyl (C=O) groups is 2. The third-order valence-corrected chi connectivity index (χ3v) is 3.49. The van der Waals surface area contributed by atoms with Crippen LogP contribution >= 0.6 is 0 Å². The molecule has 1 aromatic heterocycles. The number of H-pyrrole nitrogens is 1. The molecule has 0 aromatic carbocycles. The molecule has 3 N–H and O–H groups in total. The van der Waals surface area contributed by atoms with Crippen LogP contribution in [0, 0.1) is 5.92 Å². The molecule has 0 saturated heterocycles. The van der Waals surface area contributed by atoms with Crippen molar-refractivity contribution in [3.8, 4) is 0 Å². The molecule has 0 aliphatic carbocycles.